The molecule has 4 N–H and O–H groups in total. The van der Waals surface area contributed by atoms with Crippen molar-refractivity contribution in [2.75, 3.05) is 39.6 Å². The number of ether oxygens (including phenoxy) is 3. The highest BCUT2D eigenvalue weighted by Crippen LogP contribution is 2.45. The molecule has 0 aliphatic heterocycles. The van der Waals surface area contributed by atoms with E-state index >= 15 is 0 Å². The van der Waals surface area contributed by atoms with Crippen molar-refractivity contribution >= 4 is 33.6 Å². The fraction of sp³-hybridized carbons (Fsp3) is 0.697. The summed E-state index contributed by atoms with van der Waals surface area (Å²) >= 11 is 0. The first-order valence-electron chi connectivity index (χ1n) is 51.1. The quantitative estimate of drug-likeness (QED) is 0.0146. The Hall–Kier alpha value is -5.35. The summed E-state index contributed by atoms with van der Waals surface area (Å²) in [5.41, 5.74) is 0. The second kappa shape index (κ2) is 99.7. The Kier molecular flexibility index (Phi) is 95.5. The van der Waals surface area contributed by atoms with Crippen molar-refractivity contribution in [3.63, 3.8) is 0 Å². The molecule has 0 aromatic rings. The molecule has 0 rings (SSSR count). The van der Waals surface area contributed by atoms with E-state index in [2.05, 4.69) is 203 Å². The molecule has 0 spiro atoms. The molecule has 0 radical (unpaired) electrons. The molecular formula is C109H186O16P2. The lowest BCUT2D eigenvalue weighted by molar-refractivity contribution is -0.161. The zero-order valence-electron chi connectivity index (χ0n) is 80.6. The number of hydrogen-bond acceptors (Lipinski definition) is 14. The summed E-state index contributed by atoms with van der Waals surface area (Å²) in [4.78, 5) is 59.2. The van der Waals surface area contributed by atoms with Gasteiger partial charge in [0, 0.05) is 19.3 Å². The van der Waals surface area contributed by atoms with Gasteiger partial charge in [-0.2, -0.15) is 0 Å². The molecule has 0 fully saturated rings. The van der Waals surface area contributed by atoms with E-state index in [4.69, 9.17) is 32.3 Å². The summed E-state index contributed by atoms with van der Waals surface area (Å²) < 4.78 is 61.6. The van der Waals surface area contributed by atoms with Crippen molar-refractivity contribution in [2.45, 2.75) is 450 Å². The summed E-state index contributed by atoms with van der Waals surface area (Å²) in [6.45, 7) is 2.46. The normalized spacial score (nSPS) is 14.4. The molecule has 5 unspecified atom stereocenters. The predicted molar refractivity (Wildman–Crippen MR) is 537 cm³/mol. The molecule has 0 amide bonds. The van der Waals surface area contributed by atoms with E-state index in [0.29, 0.717) is 19.3 Å². The van der Waals surface area contributed by atoms with Crippen LogP contribution in [-0.2, 0) is 55.8 Å². The average molecular weight is 1810 g/mol. The van der Waals surface area contributed by atoms with Gasteiger partial charge < -0.3 is 34.2 Å². The van der Waals surface area contributed by atoms with Crippen LogP contribution in [0.2, 0.25) is 0 Å². The van der Waals surface area contributed by atoms with Crippen molar-refractivity contribution in [1.82, 2.24) is 0 Å². The van der Waals surface area contributed by atoms with Crippen molar-refractivity contribution in [3.05, 3.63) is 182 Å². The molecule has 0 aliphatic rings. The number of carbonyl (C=O) groups excluding carboxylic acids is 3. The minimum atomic E-state index is -4.96. The number of carbonyl (C=O) groups is 3. The van der Waals surface area contributed by atoms with Crippen molar-refractivity contribution < 1.29 is 75.8 Å². The minimum absolute atomic E-state index is 0.0710. The van der Waals surface area contributed by atoms with Crippen LogP contribution in [0.4, 0.5) is 0 Å². The monoisotopic (exact) mass is 1810 g/mol. The molecule has 0 aromatic heterocycles. The first-order valence-corrected chi connectivity index (χ1v) is 54.1. The molecule has 127 heavy (non-hydrogen) atoms. The molecule has 0 saturated heterocycles. The van der Waals surface area contributed by atoms with Gasteiger partial charge in [-0.05, 0) is 161 Å². The average Bonchev–Trinajstić information content (AvgIpc) is 0.897. The standard InChI is InChI=1S/C109H186O16P2/c1-4-7-10-13-16-19-22-25-28-31-34-37-40-42-44-46-48-50-51-53-55-56-58-60-63-65-68-71-74-77-80-83-86-89-92-95-107(112)119-98-104(110)99-121-126(115,116)122-100-105(111)101-123-127(117,118)124-103-106(125-109(114)97-94-91-88-85-82-79-76-73-70-67-62-39-36-33-30-27-24-21-18-15-12-9-6-3)102-120-108(113)96-93-90-87-84-81-78-75-72-69-66-64-61-59-57-54-52-49-47-45-43-41-38-35-32-29-26-23-20-17-14-11-8-5-2/h8-9,11-12,16-21,25-30,34-39,42-45,67,70,76,79,104-106,110-111H,4-7,10,13-15,22-24,31-33,40-41,46-66,68-69,71-75,77-78,80-103H2,1-3H3,(H,115,116)(H,117,118)/b11-8-,12-9-,19-16-,20-17-,21-18-,28-25-,29-26-,30-27-,37-34-,38-35-,39-36-,44-42-,45-43-,70-67-,79-76-. The maximum absolute atomic E-state index is 13.1. The van der Waals surface area contributed by atoms with Crippen LogP contribution in [0.3, 0.4) is 0 Å². The SMILES string of the molecule is CC/C=C\C/C=C\C/C=C\C/C=C\C/C=C\C/C=C\CCCCCCC(=O)OC(COC(=O)CCCCCCCCCCCCCCCCCCC/C=C\C/C=C\C/C=C\C/C=C\C/C=C\CC)COP(=O)(O)OCC(O)COP(=O)(O)OCC(O)COC(=O)CCCCCCCCCCCCCCCCCCCCC/C=C\C/C=C\C/C=C\C/C=C\CCCCC. The van der Waals surface area contributed by atoms with Crippen LogP contribution in [0.15, 0.2) is 182 Å². The van der Waals surface area contributed by atoms with Crippen LogP contribution >= 0.6 is 15.6 Å². The molecular weight excluding hydrogens is 1630 g/mol. The molecule has 18 heteroatoms. The smallest absolute Gasteiger partial charge is 0.463 e. The van der Waals surface area contributed by atoms with E-state index in [0.717, 1.165) is 154 Å². The lowest BCUT2D eigenvalue weighted by atomic mass is 10.0. The molecule has 728 valence electrons. The van der Waals surface area contributed by atoms with E-state index in [1.807, 2.05) is 0 Å². The molecule has 0 saturated carbocycles. The third-order valence-corrected chi connectivity index (χ3v) is 23.5. The minimum Gasteiger partial charge on any atom is -0.463 e. The number of aliphatic hydroxyl groups is 2. The maximum atomic E-state index is 13.1. The topological polar surface area (TPSA) is 231 Å². The second-order valence-corrected chi connectivity index (χ2v) is 36.8. The van der Waals surface area contributed by atoms with E-state index < -0.39 is 91.5 Å². The maximum Gasteiger partial charge on any atom is 0.472 e. The number of allylic oxidation sites excluding steroid dienone is 30. The van der Waals surface area contributed by atoms with Gasteiger partial charge in [-0.25, -0.2) is 9.13 Å². The van der Waals surface area contributed by atoms with Crippen LogP contribution < -0.4 is 0 Å². The highest BCUT2D eigenvalue weighted by Gasteiger charge is 2.30. The zero-order chi connectivity index (χ0) is 92.1. The Morgan fingerprint density at radius 2 is 0.417 bits per heavy atom. The number of unbranched alkanes of at least 4 members (excludes halogenated alkanes) is 43. The molecule has 0 aromatic carbocycles. The van der Waals surface area contributed by atoms with Crippen molar-refractivity contribution in [2.24, 2.45) is 0 Å². The Bertz CT molecular complexity index is 3040. The Morgan fingerprint density at radius 3 is 0.661 bits per heavy atom. The Labute approximate surface area is 776 Å². The highest BCUT2D eigenvalue weighted by molar-refractivity contribution is 7.47. The fourth-order valence-electron chi connectivity index (χ4n) is 13.9. The van der Waals surface area contributed by atoms with Crippen LogP contribution in [-0.4, -0.2) is 95.9 Å². The van der Waals surface area contributed by atoms with Gasteiger partial charge in [-0.15, -0.1) is 0 Å². The van der Waals surface area contributed by atoms with Gasteiger partial charge in [0.25, 0.3) is 0 Å². The first-order chi connectivity index (χ1) is 62.2. The zero-order valence-corrected chi connectivity index (χ0v) is 82.4. The van der Waals surface area contributed by atoms with Crippen LogP contribution in [0.5, 0.6) is 0 Å². The molecule has 16 nitrogen and oxygen atoms in total. The van der Waals surface area contributed by atoms with E-state index in [1.54, 1.807) is 0 Å². The number of phosphoric acid groups is 2. The third-order valence-electron chi connectivity index (χ3n) is 21.6. The van der Waals surface area contributed by atoms with Gasteiger partial charge in [0.2, 0.25) is 0 Å². The summed E-state index contributed by atoms with van der Waals surface area (Å²) in [5.74, 6) is -1.59. The summed E-state index contributed by atoms with van der Waals surface area (Å²) in [5, 5.41) is 20.8. The number of esters is 3. The highest BCUT2D eigenvalue weighted by atomic mass is 31.2. The molecule has 0 bridgehead atoms. The Morgan fingerprint density at radius 1 is 0.228 bits per heavy atom. The van der Waals surface area contributed by atoms with Gasteiger partial charge in [0.15, 0.2) is 6.10 Å². The van der Waals surface area contributed by atoms with Crippen molar-refractivity contribution in [1.29, 1.82) is 0 Å². The van der Waals surface area contributed by atoms with Gasteiger partial charge in [-0.1, -0.05) is 434 Å². The third kappa shape index (κ3) is 101. The first kappa shape index (κ1) is 122. The largest absolute Gasteiger partial charge is 0.472 e. The van der Waals surface area contributed by atoms with Crippen LogP contribution in [0.1, 0.15) is 432 Å². The number of hydrogen-bond donors (Lipinski definition) is 4. The van der Waals surface area contributed by atoms with Crippen molar-refractivity contribution in [3.8, 4) is 0 Å². The van der Waals surface area contributed by atoms with Gasteiger partial charge in [0.05, 0.1) is 26.4 Å². The summed E-state index contributed by atoms with van der Waals surface area (Å²) in [7, 11) is -9.83. The lowest BCUT2D eigenvalue weighted by Crippen LogP contribution is -2.30. The lowest BCUT2D eigenvalue weighted by Gasteiger charge is -2.21. The van der Waals surface area contributed by atoms with E-state index in [1.165, 1.54) is 218 Å². The van der Waals surface area contributed by atoms with Gasteiger partial charge in [-0.3, -0.25) is 32.5 Å². The van der Waals surface area contributed by atoms with Crippen LogP contribution in [0, 0.1) is 0 Å². The molecule has 0 heterocycles. The van der Waals surface area contributed by atoms with Crippen LogP contribution in [0.25, 0.3) is 0 Å². The number of phosphoric ester groups is 2. The Balaban J connectivity index is 4.56. The summed E-state index contributed by atoms with van der Waals surface area (Å²) in [6, 6.07) is 0. The summed E-state index contributed by atoms with van der Waals surface area (Å²) in [6.07, 6.45) is 132. The number of rotatable bonds is 96. The van der Waals surface area contributed by atoms with E-state index in [-0.39, 0.29) is 19.3 Å². The predicted octanol–water partition coefficient (Wildman–Crippen LogP) is 32.3. The van der Waals surface area contributed by atoms with Gasteiger partial charge in [0.1, 0.15) is 25.4 Å². The number of aliphatic hydroxyl groups excluding tert-OH is 2. The molecule has 5 atom stereocenters. The second-order valence-electron chi connectivity index (χ2n) is 33.9. The van der Waals surface area contributed by atoms with E-state index in [9.17, 15) is 43.5 Å². The van der Waals surface area contributed by atoms with Gasteiger partial charge >= 0.3 is 33.6 Å². The molecule has 0 aliphatic carbocycles. The fourth-order valence-corrected chi connectivity index (χ4v) is 15.5.